The Morgan fingerprint density at radius 2 is 1.64 bits per heavy atom. The second-order valence-corrected chi connectivity index (χ2v) is 5.28. The molecule has 0 fully saturated rings. The molecule has 0 saturated heterocycles. The van der Waals surface area contributed by atoms with Crippen molar-refractivity contribution in [2.45, 2.75) is 12.8 Å². The molecule has 0 bridgehead atoms. The molecule has 128 valence electrons. The number of benzene rings is 1. The summed E-state index contributed by atoms with van der Waals surface area (Å²) in [5.41, 5.74) is 0.928. The van der Waals surface area contributed by atoms with Gasteiger partial charge in [-0.2, -0.15) is 0 Å². The minimum atomic E-state index is -0.398. The number of aromatic nitrogens is 3. The van der Waals surface area contributed by atoms with E-state index in [2.05, 4.69) is 25.6 Å². The van der Waals surface area contributed by atoms with Crippen LogP contribution >= 0.6 is 0 Å². The number of rotatable bonds is 5. The molecule has 0 radical (unpaired) electrons. The Balaban J connectivity index is 1.52. The van der Waals surface area contributed by atoms with E-state index < -0.39 is 5.82 Å². The van der Waals surface area contributed by atoms with Crippen LogP contribution < -0.4 is 16.3 Å². The number of fused-ring (bicyclic) bond motifs is 1. The first-order valence-corrected chi connectivity index (χ1v) is 7.44. The van der Waals surface area contributed by atoms with E-state index in [1.54, 1.807) is 12.1 Å². The smallest absolute Gasteiger partial charge is 0.325 e. The molecule has 0 spiro atoms. The zero-order chi connectivity index (χ0) is 17.8. The number of H-pyrrole nitrogens is 2. The van der Waals surface area contributed by atoms with E-state index in [0.29, 0.717) is 16.9 Å². The van der Waals surface area contributed by atoms with Gasteiger partial charge in [-0.1, -0.05) is 0 Å². The number of hydrogen-bond acceptors (Lipinski definition) is 4. The van der Waals surface area contributed by atoms with Crippen LogP contribution in [0.1, 0.15) is 12.8 Å². The van der Waals surface area contributed by atoms with Crippen molar-refractivity contribution in [3.8, 4) is 0 Å². The van der Waals surface area contributed by atoms with Gasteiger partial charge in [0.05, 0.1) is 5.52 Å². The summed E-state index contributed by atoms with van der Waals surface area (Å²) in [5.74, 6) is -0.878. The summed E-state index contributed by atoms with van der Waals surface area (Å²) in [6.45, 7) is 0. The van der Waals surface area contributed by atoms with Crippen LogP contribution in [0.25, 0.3) is 11.2 Å². The summed E-state index contributed by atoms with van der Waals surface area (Å²) in [6, 6.07) is 8.48. The monoisotopic (exact) mass is 343 g/mol. The van der Waals surface area contributed by atoms with E-state index in [1.807, 2.05) is 0 Å². The van der Waals surface area contributed by atoms with Crippen molar-refractivity contribution in [2.24, 2.45) is 0 Å². The number of aromatic amines is 2. The Labute approximate surface area is 140 Å². The molecule has 4 N–H and O–H groups in total. The molecule has 1 aromatic carbocycles. The number of hydrogen-bond donors (Lipinski definition) is 4. The first-order valence-electron chi connectivity index (χ1n) is 7.44. The normalized spacial score (nSPS) is 10.6. The van der Waals surface area contributed by atoms with Crippen molar-refractivity contribution in [3.63, 3.8) is 0 Å². The van der Waals surface area contributed by atoms with Gasteiger partial charge in [0.1, 0.15) is 11.6 Å². The van der Waals surface area contributed by atoms with Gasteiger partial charge in [0, 0.05) is 18.5 Å². The van der Waals surface area contributed by atoms with Crippen molar-refractivity contribution in [1.29, 1.82) is 0 Å². The van der Waals surface area contributed by atoms with E-state index in [-0.39, 0.29) is 36.2 Å². The SMILES string of the molecule is O=C(CCC(=O)Nc1ccc2[nH]c(=O)[nH]c2n1)Nc1ccc(F)cc1. The molecule has 2 heterocycles. The maximum atomic E-state index is 12.8. The Kier molecular flexibility index (Phi) is 4.55. The molecule has 0 aliphatic heterocycles. The molecule has 2 amide bonds. The van der Waals surface area contributed by atoms with Crippen LogP contribution in [0.5, 0.6) is 0 Å². The van der Waals surface area contributed by atoms with E-state index >= 15 is 0 Å². The summed E-state index contributed by atoms with van der Waals surface area (Å²) >= 11 is 0. The van der Waals surface area contributed by atoms with E-state index in [4.69, 9.17) is 0 Å². The summed E-state index contributed by atoms with van der Waals surface area (Å²) in [5, 5.41) is 5.12. The topological polar surface area (TPSA) is 120 Å². The zero-order valence-corrected chi connectivity index (χ0v) is 12.9. The fourth-order valence-corrected chi connectivity index (χ4v) is 2.18. The van der Waals surface area contributed by atoms with Crippen molar-refractivity contribution in [3.05, 3.63) is 52.7 Å². The average Bonchev–Trinajstić information content (AvgIpc) is 2.94. The van der Waals surface area contributed by atoms with Crippen molar-refractivity contribution in [1.82, 2.24) is 15.0 Å². The molecule has 3 rings (SSSR count). The Morgan fingerprint density at radius 1 is 0.960 bits per heavy atom. The first kappa shape index (κ1) is 16.4. The molecule has 9 heteroatoms. The number of carbonyl (C=O) groups excluding carboxylic acids is 2. The van der Waals surface area contributed by atoms with Gasteiger partial charge in [0.2, 0.25) is 11.8 Å². The van der Waals surface area contributed by atoms with Crippen molar-refractivity contribution in [2.75, 3.05) is 10.6 Å². The second-order valence-electron chi connectivity index (χ2n) is 5.28. The van der Waals surface area contributed by atoms with E-state index in [0.717, 1.165) is 0 Å². The number of pyridine rings is 1. The summed E-state index contributed by atoms with van der Waals surface area (Å²) in [7, 11) is 0. The van der Waals surface area contributed by atoms with Gasteiger partial charge in [0.15, 0.2) is 5.65 Å². The summed E-state index contributed by atoms with van der Waals surface area (Å²) in [6.07, 6.45) is -0.0805. The lowest BCUT2D eigenvalue weighted by atomic mass is 10.2. The zero-order valence-electron chi connectivity index (χ0n) is 12.9. The van der Waals surface area contributed by atoms with E-state index in [9.17, 15) is 18.8 Å². The highest BCUT2D eigenvalue weighted by atomic mass is 19.1. The van der Waals surface area contributed by atoms with Crippen LogP contribution in [0.4, 0.5) is 15.9 Å². The number of imidazole rings is 1. The highest BCUT2D eigenvalue weighted by Crippen LogP contribution is 2.11. The number of carbonyl (C=O) groups is 2. The third kappa shape index (κ3) is 4.28. The van der Waals surface area contributed by atoms with Crippen LogP contribution in [-0.4, -0.2) is 26.8 Å². The second kappa shape index (κ2) is 6.95. The minimum absolute atomic E-state index is 0.0353. The van der Waals surface area contributed by atoms with Gasteiger partial charge in [0.25, 0.3) is 0 Å². The standard InChI is InChI=1S/C16H14FN5O3/c17-9-1-3-10(4-2-9)18-13(23)7-8-14(24)20-12-6-5-11-15(21-12)22-16(25)19-11/h1-6H,7-8H2,(H,18,23)(H3,19,20,21,22,24,25). The number of anilines is 2. The van der Waals surface area contributed by atoms with Gasteiger partial charge in [-0.25, -0.2) is 14.2 Å². The van der Waals surface area contributed by atoms with Crippen molar-refractivity contribution < 1.29 is 14.0 Å². The van der Waals surface area contributed by atoms with Crippen LogP contribution in [0.15, 0.2) is 41.2 Å². The van der Waals surface area contributed by atoms with Gasteiger partial charge in [-0.15, -0.1) is 0 Å². The average molecular weight is 343 g/mol. The maximum absolute atomic E-state index is 12.8. The van der Waals surface area contributed by atoms with Gasteiger partial charge in [-0.05, 0) is 36.4 Å². The molecular formula is C16H14FN5O3. The Hall–Kier alpha value is -3.49. The number of halogens is 1. The Bertz CT molecular complexity index is 977. The van der Waals surface area contributed by atoms with Gasteiger partial charge < -0.3 is 15.6 Å². The highest BCUT2D eigenvalue weighted by Gasteiger charge is 2.09. The van der Waals surface area contributed by atoms with E-state index in [1.165, 1.54) is 24.3 Å². The molecule has 0 aliphatic carbocycles. The lowest BCUT2D eigenvalue weighted by molar-refractivity contribution is -0.121. The highest BCUT2D eigenvalue weighted by molar-refractivity contribution is 5.96. The molecule has 2 aromatic heterocycles. The molecule has 0 aliphatic rings. The number of nitrogens with zero attached hydrogens (tertiary/aromatic N) is 1. The number of amides is 2. The fraction of sp³-hybridized carbons (Fsp3) is 0.125. The third-order valence-corrected chi connectivity index (χ3v) is 3.35. The quantitative estimate of drug-likeness (QED) is 0.564. The van der Waals surface area contributed by atoms with Gasteiger partial charge >= 0.3 is 5.69 Å². The Morgan fingerprint density at radius 3 is 2.36 bits per heavy atom. The molecular weight excluding hydrogens is 329 g/mol. The first-order chi connectivity index (χ1) is 12.0. The predicted octanol–water partition coefficient (Wildman–Crippen LogP) is 1.75. The molecule has 0 unspecified atom stereocenters. The molecule has 0 atom stereocenters. The van der Waals surface area contributed by atoms with Crippen LogP contribution in [0.2, 0.25) is 0 Å². The largest absolute Gasteiger partial charge is 0.326 e. The molecule has 0 saturated carbocycles. The molecule has 3 aromatic rings. The maximum Gasteiger partial charge on any atom is 0.325 e. The van der Waals surface area contributed by atoms with Crippen molar-refractivity contribution >= 4 is 34.5 Å². The molecule has 8 nitrogen and oxygen atoms in total. The van der Waals surface area contributed by atoms with Gasteiger partial charge in [-0.3, -0.25) is 14.6 Å². The van der Waals surface area contributed by atoms with Crippen LogP contribution in [0.3, 0.4) is 0 Å². The van der Waals surface area contributed by atoms with Crippen LogP contribution in [-0.2, 0) is 9.59 Å². The minimum Gasteiger partial charge on any atom is -0.326 e. The third-order valence-electron chi connectivity index (χ3n) is 3.35. The lowest BCUT2D eigenvalue weighted by Crippen LogP contribution is -2.17. The van der Waals surface area contributed by atoms with Crippen LogP contribution in [0, 0.1) is 5.82 Å². The fourth-order valence-electron chi connectivity index (χ4n) is 2.18. The summed E-state index contributed by atoms with van der Waals surface area (Å²) < 4.78 is 12.8. The number of nitrogens with one attached hydrogen (secondary N) is 4. The molecule has 25 heavy (non-hydrogen) atoms. The predicted molar refractivity (Wildman–Crippen MR) is 89.6 cm³/mol. The lowest BCUT2D eigenvalue weighted by Gasteiger charge is -2.06. The summed E-state index contributed by atoms with van der Waals surface area (Å²) in [4.78, 5) is 44.0.